The number of hydrogen-bond donors (Lipinski definition) is 0. The van der Waals surface area contributed by atoms with Gasteiger partial charge in [-0.3, -0.25) is 4.79 Å². The largest absolute Gasteiger partial charge is 0.495 e. The first-order valence-electron chi connectivity index (χ1n) is 10.0. The van der Waals surface area contributed by atoms with Crippen molar-refractivity contribution in [3.8, 4) is 5.75 Å². The van der Waals surface area contributed by atoms with E-state index in [1.165, 1.54) is 40.6 Å². The van der Waals surface area contributed by atoms with Gasteiger partial charge in [0, 0.05) is 37.8 Å². The van der Waals surface area contributed by atoms with Crippen LogP contribution in [0.15, 0.2) is 47.4 Å². The van der Waals surface area contributed by atoms with Crippen molar-refractivity contribution in [2.24, 2.45) is 0 Å². The molecule has 1 fully saturated rings. The zero-order valence-electron chi connectivity index (χ0n) is 17.3. The minimum absolute atomic E-state index is 0.0166. The molecule has 0 radical (unpaired) electrons. The van der Waals surface area contributed by atoms with Crippen LogP contribution in [-0.2, 0) is 16.6 Å². The van der Waals surface area contributed by atoms with Crippen molar-refractivity contribution >= 4 is 15.9 Å². The van der Waals surface area contributed by atoms with E-state index < -0.39 is 21.7 Å². The lowest BCUT2D eigenvalue weighted by molar-refractivity contribution is 0.0783. The molecule has 1 amide bonds. The Hall–Kier alpha value is -2.45. The molecule has 0 unspecified atom stereocenters. The lowest BCUT2D eigenvalue weighted by Gasteiger charge is -2.22. The molecule has 0 saturated carbocycles. The number of methoxy groups -OCH3 is 1. The van der Waals surface area contributed by atoms with Crippen LogP contribution in [0.2, 0.25) is 0 Å². The van der Waals surface area contributed by atoms with E-state index in [0.717, 1.165) is 25.7 Å². The first kappa shape index (κ1) is 22.2. The Morgan fingerprint density at radius 2 is 1.77 bits per heavy atom. The summed E-state index contributed by atoms with van der Waals surface area (Å²) in [5.41, 5.74) is 0.599. The molecule has 0 atom stereocenters. The molecule has 0 N–H and O–H groups in total. The van der Waals surface area contributed by atoms with Crippen molar-refractivity contribution in [2.45, 2.75) is 37.1 Å². The van der Waals surface area contributed by atoms with E-state index in [1.807, 2.05) is 0 Å². The van der Waals surface area contributed by atoms with Gasteiger partial charge < -0.3 is 9.64 Å². The summed E-state index contributed by atoms with van der Waals surface area (Å²) >= 11 is 0. The standard InChI is InChI=1S/C22H27FN2O4S/c1-24(16-18-9-5-6-10-19(18)23)22(26)17-11-12-20(29-2)21(15-17)30(27,28)25-13-7-3-4-8-14-25/h5-6,9-12,15H,3-4,7-8,13-14,16H2,1-2H3. The number of carbonyl (C=O) groups excluding carboxylic acids is 1. The maximum Gasteiger partial charge on any atom is 0.253 e. The molecule has 2 aromatic rings. The molecule has 6 nitrogen and oxygen atoms in total. The summed E-state index contributed by atoms with van der Waals surface area (Å²) in [5, 5.41) is 0. The fraction of sp³-hybridized carbons (Fsp3) is 0.409. The Balaban J connectivity index is 1.89. The Labute approximate surface area is 177 Å². The van der Waals surface area contributed by atoms with Gasteiger partial charge in [0.15, 0.2) is 0 Å². The van der Waals surface area contributed by atoms with Gasteiger partial charge in [0.05, 0.1) is 7.11 Å². The van der Waals surface area contributed by atoms with Gasteiger partial charge in [-0.15, -0.1) is 0 Å². The van der Waals surface area contributed by atoms with Crippen LogP contribution in [-0.4, -0.2) is 50.8 Å². The fourth-order valence-electron chi connectivity index (χ4n) is 3.61. The van der Waals surface area contributed by atoms with Crippen molar-refractivity contribution in [3.63, 3.8) is 0 Å². The summed E-state index contributed by atoms with van der Waals surface area (Å²) in [6.07, 6.45) is 3.63. The Bertz CT molecular complexity index is 1000. The lowest BCUT2D eigenvalue weighted by atomic mass is 10.1. The van der Waals surface area contributed by atoms with E-state index in [1.54, 1.807) is 25.2 Å². The van der Waals surface area contributed by atoms with Crippen molar-refractivity contribution in [1.82, 2.24) is 9.21 Å². The minimum Gasteiger partial charge on any atom is -0.495 e. The average Bonchev–Trinajstić information content (AvgIpc) is 3.04. The second-order valence-corrected chi connectivity index (χ2v) is 9.34. The molecule has 30 heavy (non-hydrogen) atoms. The van der Waals surface area contributed by atoms with E-state index in [0.29, 0.717) is 18.7 Å². The van der Waals surface area contributed by atoms with E-state index in [2.05, 4.69) is 0 Å². The highest BCUT2D eigenvalue weighted by atomic mass is 32.2. The van der Waals surface area contributed by atoms with Crippen molar-refractivity contribution < 1.29 is 22.3 Å². The van der Waals surface area contributed by atoms with Crippen LogP contribution in [0.4, 0.5) is 4.39 Å². The molecule has 1 saturated heterocycles. The van der Waals surface area contributed by atoms with Crippen LogP contribution in [0.3, 0.4) is 0 Å². The van der Waals surface area contributed by atoms with E-state index >= 15 is 0 Å². The number of hydrogen-bond acceptors (Lipinski definition) is 4. The second kappa shape index (κ2) is 9.57. The topological polar surface area (TPSA) is 66.9 Å². The summed E-state index contributed by atoms with van der Waals surface area (Å²) in [6.45, 7) is 0.986. The van der Waals surface area contributed by atoms with Gasteiger partial charge in [0.1, 0.15) is 16.5 Å². The van der Waals surface area contributed by atoms with Gasteiger partial charge in [-0.1, -0.05) is 31.0 Å². The molecule has 1 aliphatic rings. The molecular weight excluding hydrogens is 407 g/mol. The zero-order chi connectivity index (χ0) is 21.7. The van der Waals surface area contributed by atoms with Crippen molar-refractivity contribution in [2.75, 3.05) is 27.2 Å². The minimum atomic E-state index is -3.80. The van der Waals surface area contributed by atoms with Crippen LogP contribution in [0.1, 0.15) is 41.6 Å². The Kier molecular flexibility index (Phi) is 7.10. The highest BCUT2D eigenvalue weighted by molar-refractivity contribution is 7.89. The fourth-order valence-corrected chi connectivity index (χ4v) is 5.31. The number of nitrogens with zero attached hydrogens (tertiary/aromatic N) is 2. The van der Waals surface area contributed by atoms with Crippen LogP contribution < -0.4 is 4.74 Å². The van der Waals surface area contributed by atoms with Gasteiger partial charge in [0.2, 0.25) is 10.0 Å². The first-order chi connectivity index (χ1) is 14.3. The van der Waals surface area contributed by atoms with Crippen LogP contribution in [0.5, 0.6) is 5.75 Å². The number of halogens is 1. The summed E-state index contributed by atoms with van der Waals surface area (Å²) < 4.78 is 47.2. The Morgan fingerprint density at radius 1 is 1.10 bits per heavy atom. The molecule has 0 aromatic heterocycles. The maximum atomic E-state index is 13.9. The van der Waals surface area contributed by atoms with Gasteiger partial charge in [-0.2, -0.15) is 4.31 Å². The molecule has 3 rings (SSSR count). The first-order valence-corrected chi connectivity index (χ1v) is 11.5. The number of carbonyl (C=O) groups is 1. The van der Waals surface area contributed by atoms with Gasteiger partial charge >= 0.3 is 0 Å². The Morgan fingerprint density at radius 3 is 2.40 bits per heavy atom. The highest BCUT2D eigenvalue weighted by Gasteiger charge is 2.29. The van der Waals surface area contributed by atoms with Crippen molar-refractivity contribution in [3.05, 3.63) is 59.4 Å². The molecule has 0 bridgehead atoms. The second-order valence-electron chi connectivity index (χ2n) is 7.44. The summed E-state index contributed by atoms with van der Waals surface area (Å²) in [5.74, 6) is -0.586. The summed E-state index contributed by atoms with van der Waals surface area (Å²) in [4.78, 5) is 14.3. The molecule has 0 spiro atoms. The molecular formula is C22H27FN2O4S. The third kappa shape index (κ3) is 4.82. The van der Waals surface area contributed by atoms with Crippen LogP contribution in [0.25, 0.3) is 0 Å². The number of benzene rings is 2. The number of amides is 1. The van der Waals surface area contributed by atoms with Crippen molar-refractivity contribution in [1.29, 1.82) is 0 Å². The lowest BCUT2D eigenvalue weighted by Crippen LogP contribution is -2.32. The molecule has 8 heteroatoms. The van der Waals surface area contributed by atoms with Gasteiger partial charge in [0.25, 0.3) is 5.91 Å². The molecule has 162 valence electrons. The number of ether oxygens (including phenoxy) is 1. The normalized spacial score (nSPS) is 15.4. The van der Waals surface area contributed by atoms with Gasteiger partial charge in [-0.05, 0) is 37.1 Å². The molecule has 1 aliphatic heterocycles. The predicted octanol–water partition coefficient (Wildman–Crippen LogP) is 3.67. The molecule has 0 aliphatic carbocycles. The van der Waals surface area contributed by atoms with E-state index in [-0.39, 0.29) is 22.8 Å². The molecule has 1 heterocycles. The van der Waals surface area contributed by atoms with Gasteiger partial charge in [-0.25, -0.2) is 12.8 Å². The van der Waals surface area contributed by atoms with E-state index in [9.17, 15) is 17.6 Å². The third-order valence-corrected chi connectivity index (χ3v) is 7.23. The number of rotatable bonds is 6. The average molecular weight is 435 g/mol. The smallest absolute Gasteiger partial charge is 0.253 e. The van der Waals surface area contributed by atoms with Crippen LogP contribution in [0, 0.1) is 5.82 Å². The third-order valence-electron chi connectivity index (χ3n) is 5.31. The summed E-state index contributed by atoms with van der Waals surface area (Å²) in [6, 6.07) is 10.6. The SMILES string of the molecule is COc1ccc(C(=O)N(C)Cc2ccccc2F)cc1S(=O)(=O)N1CCCCCC1. The van der Waals surface area contributed by atoms with E-state index in [4.69, 9.17) is 4.74 Å². The quantitative estimate of drug-likeness (QED) is 0.696. The van der Waals surface area contributed by atoms with Crippen LogP contribution >= 0.6 is 0 Å². The highest BCUT2D eigenvalue weighted by Crippen LogP contribution is 2.30. The molecule has 2 aromatic carbocycles. The number of sulfonamides is 1. The monoisotopic (exact) mass is 434 g/mol. The maximum absolute atomic E-state index is 13.9. The predicted molar refractivity (Wildman–Crippen MR) is 112 cm³/mol. The summed E-state index contributed by atoms with van der Waals surface area (Å²) in [7, 11) is -0.835. The zero-order valence-corrected chi connectivity index (χ0v) is 18.1.